The summed E-state index contributed by atoms with van der Waals surface area (Å²) in [4.78, 5) is 4.59. The third-order valence-corrected chi connectivity index (χ3v) is 4.46. The van der Waals surface area contributed by atoms with Crippen molar-refractivity contribution in [3.8, 4) is 10.8 Å². The van der Waals surface area contributed by atoms with Crippen LogP contribution in [-0.2, 0) is 6.54 Å². The molecule has 0 amide bonds. The quantitative estimate of drug-likeness (QED) is 0.759. The molecule has 3 aromatic heterocycles. The van der Waals surface area contributed by atoms with Gasteiger partial charge in [0, 0.05) is 30.4 Å². The van der Waals surface area contributed by atoms with Crippen molar-refractivity contribution in [2.45, 2.75) is 32.5 Å². The lowest BCUT2D eigenvalue weighted by Crippen LogP contribution is -2.33. The van der Waals surface area contributed by atoms with Gasteiger partial charge in [0.2, 0.25) is 0 Å². The van der Waals surface area contributed by atoms with E-state index in [2.05, 4.69) is 34.6 Å². The summed E-state index contributed by atoms with van der Waals surface area (Å²) in [5.41, 5.74) is 1.03. The normalized spacial score (nSPS) is 14.2. The van der Waals surface area contributed by atoms with Crippen LogP contribution in [0.5, 0.6) is 0 Å². The van der Waals surface area contributed by atoms with Gasteiger partial charge in [0.05, 0.1) is 18.0 Å². The van der Waals surface area contributed by atoms with Gasteiger partial charge in [-0.25, -0.2) is 4.98 Å². The molecule has 3 rings (SSSR count). The minimum atomic E-state index is 0.295. The lowest BCUT2D eigenvalue weighted by atomic mass is 10.2. The molecule has 0 radical (unpaired) electrons. The number of furan rings is 1. The van der Waals surface area contributed by atoms with E-state index in [1.807, 2.05) is 29.1 Å². The first kappa shape index (κ1) is 14.0. The number of thiazole rings is 1. The van der Waals surface area contributed by atoms with Crippen molar-refractivity contribution >= 4 is 11.3 Å². The molecule has 2 unspecified atom stereocenters. The number of hydrogen-bond donors (Lipinski definition) is 1. The molecule has 0 saturated carbocycles. The van der Waals surface area contributed by atoms with E-state index >= 15 is 0 Å². The Hall–Kier alpha value is -1.92. The first-order chi connectivity index (χ1) is 10.2. The van der Waals surface area contributed by atoms with Gasteiger partial charge in [-0.15, -0.1) is 11.3 Å². The van der Waals surface area contributed by atoms with Gasteiger partial charge >= 0.3 is 0 Å². The summed E-state index contributed by atoms with van der Waals surface area (Å²) in [5, 5.41) is 10.8. The number of rotatable bonds is 6. The Bertz CT molecular complexity index is 660. The van der Waals surface area contributed by atoms with E-state index in [9.17, 15) is 0 Å². The van der Waals surface area contributed by atoms with E-state index in [-0.39, 0.29) is 0 Å². The minimum absolute atomic E-state index is 0.295. The monoisotopic (exact) mass is 302 g/mol. The Morgan fingerprint density at radius 2 is 2.29 bits per heavy atom. The fourth-order valence-corrected chi connectivity index (χ4v) is 2.87. The first-order valence-corrected chi connectivity index (χ1v) is 7.83. The molecular weight excluding hydrogens is 284 g/mol. The van der Waals surface area contributed by atoms with Crippen LogP contribution in [0.1, 0.15) is 25.6 Å². The number of hydrogen-bond acceptors (Lipinski definition) is 5. The molecule has 110 valence electrons. The molecule has 5 nitrogen and oxygen atoms in total. The number of nitrogens with one attached hydrogen (secondary N) is 1. The Labute approximate surface area is 127 Å². The van der Waals surface area contributed by atoms with Crippen LogP contribution < -0.4 is 5.32 Å². The maximum Gasteiger partial charge on any atom is 0.162 e. The predicted molar refractivity (Wildman–Crippen MR) is 83.1 cm³/mol. The average Bonchev–Trinajstić information content (AvgIpc) is 3.25. The summed E-state index contributed by atoms with van der Waals surface area (Å²) in [7, 11) is 0. The molecule has 1 N–H and O–H groups in total. The molecule has 0 aliphatic heterocycles. The van der Waals surface area contributed by atoms with Crippen LogP contribution in [0.4, 0.5) is 0 Å². The van der Waals surface area contributed by atoms with Gasteiger partial charge in [0.1, 0.15) is 0 Å². The second-order valence-corrected chi connectivity index (χ2v) is 5.88. The highest BCUT2D eigenvalue weighted by molar-refractivity contribution is 7.13. The Kier molecular flexibility index (Phi) is 4.17. The van der Waals surface area contributed by atoms with Crippen LogP contribution in [0.3, 0.4) is 0 Å². The summed E-state index contributed by atoms with van der Waals surface area (Å²) >= 11 is 1.60. The number of nitrogens with zero attached hydrogens (tertiary/aromatic N) is 3. The van der Waals surface area contributed by atoms with Gasteiger partial charge in [-0.05, 0) is 32.0 Å². The van der Waals surface area contributed by atoms with E-state index in [0.29, 0.717) is 12.1 Å². The summed E-state index contributed by atoms with van der Waals surface area (Å²) in [6, 6.07) is 6.35. The summed E-state index contributed by atoms with van der Waals surface area (Å²) < 4.78 is 7.33. The molecule has 0 aromatic carbocycles. The third-order valence-electron chi connectivity index (χ3n) is 3.55. The molecule has 3 heterocycles. The fourth-order valence-electron chi connectivity index (χ4n) is 2.09. The second-order valence-electron chi connectivity index (χ2n) is 5.02. The molecule has 0 spiro atoms. The molecule has 0 aliphatic rings. The molecular formula is C15H18N4OS. The van der Waals surface area contributed by atoms with Crippen LogP contribution in [0, 0.1) is 0 Å². The highest BCUT2D eigenvalue weighted by atomic mass is 32.1. The minimum Gasteiger partial charge on any atom is -0.462 e. The standard InChI is InChI=1S/C15H18N4OS/c1-11(12(2)19-7-4-6-17-19)16-9-13-10-21-15(18-13)14-5-3-8-20-14/h3-8,10-12,16H,9H2,1-2H3. The van der Waals surface area contributed by atoms with Crippen molar-refractivity contribution in [1.82, 2.24) is 20.1 Å². The lowest BCUT2D eigenvalue weighted by Gasteiger charge is -2.21. The maximum absolute atomic E-state index is 5.36. The van der Waals surface area contributed by atoms with Crippen molar-refractivity contribution in [2.75, 3.05) is 0 Å². The SMILES string of the molecule is CC(NCc1csc(-c2ccco2)n1)C(C)n1cccn1. The highest BCUT2D eigenvalue weighted by Crippen LogP contribution is 2.24. The summed E-state index contributed by atoms with van der Waals surface area (Å²) in [6.07, 6.45) is 5.46. The summed E-state index contributed by atoms with van der Waals surface area (Å²) in [6.45, 7) is 5.05. The van der Waals surface area contributed by atoms with Gasteiger partial charge in [-0.2, -0.15) is 5.10 Å². The zero-order chi connectivity index (χ0) is 14.7. The van der Waals surface area contributed by atoms with Gasteiger partial charge in [-0.1, -0.05) is 0 Å². The summed E-state index contributed by atoms with van der Waals surface area (Å²) in [5.74, 6) is 0.823. The van der Waals surface area contributed by atoms with E-state index in [1.54, 1.807) is 23.8 Å². The van der Waals surface area contributed by atoms with Gasteiger partial charge < -0.3 is 9.73 Å². The van der Waals surface area contributed by atoms with E-state index in [4.69, 9.17) is 4.42 Å². The molecule has 0 bridgehead atoms. The third kappa shape index (κ3) is 3.22. The molecule has 0 fully saturated rings. The zero-order valence-corrected chi connectivity index (χ0v) is 12.9. The van der Waals surface area contributed by atoms with Gasteiger partial charge in [0.25, 0.3) is 0 Å². The van der Waals surface area contributed by atoms with Gasteiger partial charge in [0.15, 0.2) is 10.8 Å². The van der Waals surface area contributed by atoms with E-state index in [0.717, 1.165) is 23.0 Å². The molecule has 2 atom stereocenters. The highest BCUT2D eigenvalue weighted by Gasteiger charge is 2.14. The molecule has 0 saturated heterocycles. The maximum atomic E-state index is 5.36. The van der Waals surface area contributed by atoms with Crippen molar-refractivity contribution in [2.24, 2.45) is 0 Å². The van der Waals surface area contributed by atoms with Crippen LogP contribution in [0.15, 0.2) is 46.7 Å². The van der Waals surface area contributed by atoms with Gasteiger partial charge in [-0.3, -0.25) is 4.68 Å². The Morgan fingerprint density at radius 3 is 3.00 bits per heavy atom. The topological polar surface area (TPSA) is 55.9 Å². The van der Waals surface area contributed by atoms with E-state index < -0.39 is 0 Å². The van der Waals surface area contributed by atoms with Crippen molar-refractivity contribution in [3.05, 3.63) is 47.9 Å². The van der Waals surface area contributed by atoms with Crippen LogP contribution in [-0.4, -0.2) is 20.8 Å². The van der Waals surface area contributed by atoms with Crippen molar-refractivity contribution in [3.63, 3.8) is 0 Å². The largest absolute Gasteiger partial charge is 0.462 e. The molecule has 21 heavy (non-hydrogen) atoms. The smallest absolute Gasteiger partial charge is 0.162 e. The fraction of sp³-hybridized carbons (Fsp3) is 0.333. The Morgan fingerprint density at radius 1 is 1.38 bits per heavy atom. The van der Waals surface area contributed by atoms with Crippen LogP contribution in [0.25, 0.3) is 10.8 Å². The average molecular weight is 302 g/mol. The molecule has 6 heteroatoms. The molecule has 0 aliphatic carbocycles. The Balaban J connectivity index is 1.58. The van der Waals surface area contributed by atoms with Crippen LogP contribution >= 0.6 is 11.3 Å². The van der Waals surface area contributed by atoms with Crippen molar-refractivity contribution in [1.29, 1.82) is 0 Å². The second kappa shape index (κ2) is 6.24. The molecule has 3 aromatic rings. The zero-order valence-electron chi connectivity index (χ0n) is 12.1. The first-order valence-electron chi connectivity index (χ1n) is 6.95. The van der Waals surface area contributed by atoms with Crippen molar-refractivity contribution < 1.29 is 4.42 Å². The van der Waals surface area contributed by atoms with E-state index in [1.165, 1.54) is 0 Å². The van der Waals surface area contributed by atoms with Crippen LogP contribution in [0.2, 0.25) is 0 Å². The lowest BCUT2D eigenvalue weighted by molar-refractivity contribution is 0.364. The predicted octanol–water partition coefficient (Wildman–Crippen LogP) is 3.34. The number of aromatic nitrogens is 3.